The monoisotopic (exact) mass is 595 g/mol. The molecular weight excluding hydrogens is 564 g/mol. The summed E-state index contributed by atoms with van der Waals surface area (Å²) in [7, 11) is 0. The number of hydrogen-bond acceptors (Lipinski definition) is 6. The lowest BCUT2D eigenvalue weighted by Gasteiger charge is -2.48. The van der Waals surface area contributed by atoms with Crippen molar-refractivity contribution < 1.29 is 23.4 Å². The van der Waals surface area contributed by atoms with Gasteiger partial charge in [0.25, 0.3) is 0 Å². The van der Waals surface area contributed by atoms with E-state index in [1.165, 1.54) is 30.5 Å². The number of nitrogens with zero attached hydrogens (tertiary/aromatic N) is 3. The van der Waals surface area contributed by atoms with E-state index in [-0.39, 0.29) is 69.3 Å². The van der Waals surface area contributed by atoms with Gasteiger partial charge in [0.15, 0.2) is 11.6 Å². The average Bonchev–Trinajstić information content (AvgIpc) is 2.95. The number of ether oxygens (including phenoxy) is 1. The van der Waals surface area contributed by atoms with E-state index < -0.39 is 17.7 Å². The highest BCUT2D eigenvalue weighted by molar-refractivity contribution is 6.36. The van der Waals surface area contributed by atoms with Gasteiger partial charge in [-0.1, -0.05) is 36.4 Å². The fraction of sp³-hybridized carbons (Fsp3) is 0.323. The van der Waals surface area contributed by atoms with Crippen LogP contribution in [-0.4, -0.2) is 63.4 Å². The number of aliphatic hydroxyl groups is 1. The molecule has 2 aromatic carbocycles. The van der Waals surface area contributed by atoms with Crippen LogP contribution in [0.3, 0.4) is 0 Å². The Labute approximate surface area is 248 Å². The van der Waals surface area contributed by atoms with Crippen LogP contribution in [0.15, 0.2) is 49.2 Å². The van der Waals surface area contributed by atoms with Crippen molar-refractivity contribution in [2.24, 2.45) is 0 Å². The second kappa shape index (κ2) is 11.7. The number of amidine groups is 1. The van der Waals surface area contributed by atoms with E-state index in [2.05, 4.69) is 16.9 Å². The molecule has 3 atom stereocenters. The van der Waals surface area contributed by atoms with Gasteiger partial charge in [-0.3, -0.25) is 15.2 Å². The van der Waals surface area contributed by atoms with Crippen molar-refractivity contribution in [3.05, 3.63) is 82.7 Å². The molecule has 3 aromatic rings. The lowest BCUT2D eigenvalue weighted by atomic mass is 9.95. The van der Waals surface area contributed by atoms with Gasteiger partial charge in [0.1, 0.15) is 11.7 Å². The number of halogens is 3. The maximum atomic E-state index is 16.8. The lowest BCUT2D eigenvalue weighted by molar-refractivity contribution is -0.129. The largest absolute Gasteiger partial charge is 0.491 e. The van der Waals surface area contributed by atoms with E-state index in [0.717, 1.165) is 0 Å². The Morgan fingerprint density at radius 2 is 2.00 bits per heavy atom. The molecule has 1 aromatic heterocycles. The standard InChI is InChI=1S/C31H32ClF2N5O3/c1-5-22(41)38-14-17(3)39-19(15-38)11-13-42-30-24(31(39)35)29(37-27-16(2)10-12-36-28(27)18(4)40)26(34)23(25(30)32)20-8-6-7-9-21(20)33/h5-10,12,17-19,35,37,40H,1,11,13-15H2,2-4H3. The molecule has 11 heteroatoms. The molecular formula is C31H32ClF2N5O3. The molecule has 3 N–H and O–H groups in total. The third kappa shape index (κ3) is 5.09. The molecule has 3 heterocycles. The summed E-state index contributed by atoms with van der Waals surface area (Å²) in [6.07, 6.45) is 2.26. The molecule has 0 saturated carbocycles. The minimum atomic E-state index is -0.994. The first-order valence-electron chi connectivity index (χ1n) is 13.7. The first kappa shape index (κ1) is 29.5. The Hall–Kier alpha value is -4.02. The Balaban J connectivity index is 1.76. The third-order valence-corrected chi connectivity index (χ3v) is 8.14. The quantitative estimate of drug-likeness (QED) is 0.314. The zero-order chi connectivity index (χ0) is 30.3. The molecule has 0 aliphatic carbocycles. The van der Waals surface area contributed by atoms with Crippen LogP contribution in [0.1, 0.15) is 43.2 Å². The van der Waals surface area contributed by atoms with Crippen molar-refractivity contribution in [3.8, 4) is 16.9 Å². The number of carbonyl (C=O) groups is 1. The molecule has 1 amide bonds. The predicted octanol–water partition coefficient (Wildman–Crippen LogP) is 5.98. The maximum Gasteiger partial charge on any atom is 0.246 e. The Morgan fingerprint density at radius 3 is 2.69 bits per heavy atom. The van der Waals surface area contributed by atoms with E-state index in [9.17, 15) is 15.3 Å². The molecule has 0 spiro atoms. The Morgan fingerprint density at radius 1 is 1.26 bits per heavy atom. The van der Waals surface area contributed by atoms with Gasteiger partial charge in [0.05, 0.1) is 46.4 Å². The van der Waals surface area contributed by atoms with Crippen molar-refractivity contribution >= 4 is 34.7 Å². The van der Waals surface area contributed by atoms with Crippen molar-refractivity contribution in [2.45, 2.75) is 45.4 Å². The van der Waals surface area contributed by atoms with Gasteiger partial charge < -0.3 is 25.0 Å². The maximum absolute atomic E-state index is 16.8. The highest BCUT2D eigenvalue weighted by atomic mass is 35.5. The normalized spacial score (nSPS) is 19.2. The summed E-state index contributed by atoms with van der Waals surface area (Å²) in [4.78, 5) is 20.3. The number of piperazine rings is 1. The molecule has 0 bridgehead atoms. The minimum absolute atomic E-state index is 0.0409. The van der Waals surface area contributed by atoms with Crippen LogP contribution in [-0.2, 0) is 4.79 Å². The van der Waals surface area contributed by atoms with Crippen LogP contribution in [0, 0.1) is 24.0 Å². The number of rotatable bonds is 5. The number of aliphatic hydroxyl groups excluding tert-OH is 1. The van der Waals surface area contributed by atoms with Crippen molar-refractivity contribution in [1.29, 1.82) is 5.41 Å². The van der Waals surface area contributed by atoms with E-state index >= 15 is 8.78 Å². The molecule has 2 aliphatic rings. The summed E-state index contributed by atoms with van der Waals surface area (Å²) in [5, 5.41) is 22.8. The van der Waals surface area contributed by atoms with Crippen LogP contribution < -0.4 is 10.1 Å². The average molecular weight is 596 g/mol. The van der Waals surface area contributed by atoms with Crippen LogP contribution in [0.25, 0.3) is 11.1 Å². The second-order valence-corrected chi connectivity index (χ2v) is 11.0. The zero-order valence-corrected chi connectivity index (χ0v) is 24.3. The summed E-state index contributed by atoms with van der Waals surface area (Å²) in [6, 6.07) is 6.82. The van der Waals surface area contributed by atoms with Gasteiger partial charge in [-0.25, -0.2) is 8.78 Å². The van der Waals surface area contributed by atoms with Gasteiger partial charge in [-0.05, 0) is 44.5 Å². The molecule has 220 valence electrons. The van der Waals surface area contributed by atoms with Gasteiger partial charge in [0, 0.05) is 42.9 Å². The smallest absolute Gasteiger partial charge is 0.246 e. The number of hydrogen-bond donors (Lipinski definition) is 3. The number of pyridine rings is 1. The number of nitrogens with one attached hydrogen (secondary N) is 2. The first-order valence-corrected chi connectivity index (χ1v) is 14.0. The zero-order valence-electron chi connectivity index (χ0n) is 23.5. The molecule has 0 radical (unpaired) electrons. The molecule has 8 nitrogen and oxygen atoms in total. The van der Waals surface area contributed by atoms with Crippen LogP contribution >= 0.6 is 11.6 Å². The first-order chi connectivity index (χ1) is 20.0. The highest BCUT2D eigenvalue weighted by Gasteiger charge is 2.40. The molecule has 42 heavy (non-hydrogen) atoms. The predicted molar refractivity (Wildman–Crippen MR) is 159 cm³/mol. The van der Waals surface area contributed by atoms with Gasteiger partial charge in [-0.2, -0.15) is 0 Å². The highest BCUT2D eigenvalue weighted by Crippen LogP contribution is 2.48. The van der Waals surface area contributed by atoms with Crippen molar-refractivity contribution in [3.63, 3.8) is 0 Å². The fourth-order valence-corrected chi connectivity index (χ4v) is 6.12. The second-order valence-electron chi connectivity index (χ2n) is 10.6. The fourth-order valence-electron chi connectivity index (χ4n) is 5.78. The van der Waals surface area contributed by atoms with Gasteiger partial charge in [-0.15, -0.1) is 0 Å². The van der Waals surface area contributed by atoms with Gasteiger partial charge >= 0.3 is 0 Å². The summed E-state index contributed by atoms with van der Waals surface area (Å²) < 4.78 is 38.1. The van der Waals surface area contributed by atoms with Crippen LogP contribution in [0.5, 0.6) is 5.75 Å². The van der Waals surface area contributed by atoms with Crippen LogP contribution in [0.4, 0.5) is 20.2 Å². The number of benzene rings is 2. The number of aryl methyl sites for hydroxylation is 1. The number of anilines is 2. The number of aromatic nitrogens is 1. The molecule has 5 rings (SSSR count). The molecule has 2 aliphatic heterocycles. The molecule has 3 unspecified atom stereocenters. The summed E-state index contributed by atoms with van der Waals surface area (Å²) in [5.41, 5.74) is 0.894. The van der Waals surface area contributed by atoms with E-state index in [4.69, 9.17) is 16.3 Å². The molecule has 1 saturated heterocycles. The van der Waals surface area contributed by atoms with E-state index in [0.29, 0.717) is 30.8 Å². The third-order valence-electron chi connectivity index (χ3n) is 7.78. The van der Waals surface area contributed by atoms with Crippen molar-refractivity contribution in [1.82, 2.24) is 14.8 Å². The van der Waals surface area contributed by atoms with Gasteiger partial charge in [0.2, 0.25) is 5.91 Å². The summed E-state index contributed by atoms with van der Waals surface area (Å²) in [5.74, 6) is -1.79. The lowest BCUT2D eigenvalue weighted by Crippen LogP contribution is -2.61. The minimum Gasteiger partial charge on any atom is -0.491 e. The van der Waals surface area contributed by atoms with E-state index in [1.54, 1.807) is 30.9 Å². The summed E-state index contributed by atoms with van der Waals surface area (Å²) in [6.45, 7) is 9.62. The van der Waals surface area contributed by atoms with Crippen molar-refractivity contribution in [2.75, 3.05) is 25.0 Å². The summed E-state index contributed by atoms with van der Waals surface area (Å²) >= 11 is 6.82. The molecule has 1 fully saturated rings. The topological polar surface area (TPSA) is 102 Å². The Kier molecular flexibility index (Phi) is 8.21. The SMILES string of the molecule is C=CC(=O)N1CC(C)N2C(=N)c3c(Nc4c(C)ccnc4C(C)O)c(F)c(-c4ccccc4F)c(Cl)c3OCCC2C1. The Bertz CT molecular complexity index is 1580. The number of carbonyl (C=O) groups excluding carboxylic acids is 1. The van der Waals surface area contributed by atoms with E-state index in [1.807, 2.05) is 11.8 Å². The number of amides is 1. The number of fused-ring (bicyclic) bond motifs is 2. The van der Waals surface area contributed by atoms with Crippen LogP contribution in [0.2, 0.25) is 5.02 Å².